The molecule has 0 aromatic heterocycles. The Labute approximate surface area is 173 Å². The van der Waals surface area contributed by atoms with Crippen molar-refractivity contribution in [1.29, 1.82) is 0 Å². The third kappa shape index (κ3) is 6.69. The third-order valence-corrected chi connectivity index (χ3v) is 6.22. The summed E-state index contributed by atoms with van der Waals surface area (Å²) in [6, 6.07) is 9.23. The SMILES string of the molecule is CC1(C)OCO[C@H]1C[C@H](O)[C@H](CC1CCCCC1)NC(=O)OCc1ccccc1. The number of carbonyl (C=O) groups is 1. The second-order valence-corrected chi connectivity index (χ2v) is 8.88. The van der Waals surface area contributed by atoms with E-state index in [2.05, 4.69) is 5.32 Å². The number of nitrogens with one attached hydrogen (secondary N) is 1. The Balaban J connectivity index is 1.57. The Hall–Kier alpha value is -1.63. The quantitative estimate of drug-likeness (QED) is 0.679. The number of alkyl carbamates (subject to hydrolysis) is 1. The molecule has 1 heterocycles. The molecule has 1 amide bonds. The molecule has 1 aromatic rings. The van der Waals surface area contributed by atoms with Crippen molar-refractivity contribution in [2.75, 3.05) is 6.79 Å². The molecule has 0 unspecified atom stereocenters. The lowest BCUT2D eigenvalue weighted by molar-refractivity contribution is 0.0111. The average molecular weight is 406 g/mol. The molecule has 1 saturated carbocycles. The molecule has 3 atom stereocenters. The minimum Gasteiger partial charge on any atom is -0.445 e. The van der Waals surface area contributed by atoms with Crippen molar-refractivity contribution in [3.8, 4) is 0 Å². The fourth-order valence-electron chi connectivity index (χ4n) is 4.31. The highest BCUT2D eigenvalue weighted by atomic mass is 16.7. The average Bonchev–Trinajstić information content (AvgIpc) is 3.05. The second kappa shape index (κ2) is 10.4. The van der Waals surface area contributed by atoms with Gasteiger partial charge in [-0.3, -0.25) is 0 Å². The van der Waals surface area contributed by atoms with Crippen LogP contribution in [0.15, 0.2) is 30.3 Å². The monoisotopic (exact) mass is 405 g/mol. The van der Waals surface area contributed by atoms with Gasteiger partial charge in [-0.15, -0.1) is 0 Å². The summed E-state index contributed by atoms with van der Waals surface area (Å²) in [5.41, 5.74) is 0.495. The van der Waals surface area contributed by atoms with Crippen LogP contribution in [0.4, 0.5) is 4.79 Å². The van der Waals surface area contributed by atoms with E-state index in [1.807, 2.05) is 44.2 Å². The summed E-state index contributed by atoms with van der Waals surface area (Å²) < 4.78 is 16.7. The molecular weight excluding hydrogens is 370 g/mol. The van der Waals surface area contributed by atoms with Crippen LogP contribution in [0.1, 0.15) is 64.4 Å². The number of aliphatic hydroxyl groups is 1. The summed E-state index contributed by atoms with van der Waals surface area (Å²) in [5.74, 6) is 0.520. The predicted molar refractivity (Wildman–Crippen MR) is 110 cm³/mol. The smallest absolute Gasteiger partial charge is 0.407 e. The summed E-state index contributed by atoms with van der Waals surface area (Å²) >= 11 is 0. The molecule has 1 aliphatic carbocycles. The lowest BCUT2D eigenvalue weighted by Crippen LogP contribution is -2.48. The van der Waals surface area contributed by atoms with Crippen molar-refractivity contribution in [3.63, 3.8) is 0 Å². The van der Waals surface area contributed by atoms with Crippen LogP contribution in [-0.2, 0) is 20.8 Å². The van der Waals surface area contributed by atoms with Gasteiger partial charge in [-0.25, -0.2) is 4.79 Å². The van der Waals surface area contributed by atoms with E-state index in [9.17, 15) is 9.90 Å². The maximum absolute atomic E-state index is 12.4. The first kappa shape index (κ1) is 22.1. The molecule has 6 heteroatoms. The van der Waals surface area contributed by atoms with Crippen molar-refractivity contribution >= 4 is 6.09 Å². The van der Waals surface area contributed by atoms with Gasteiger partial charge in [0.1, 0.15) is 13.4 Å². The van der Waals surface area contributed by atoms with Crippen LogP contribution in [0.25, 0.3) is 0 Å². The Morgan fingerprint density at radius 2 is 1.93 bits per heavy atom. The number of aliphatic hydroxyl groups excluding tert-OH is 1. The van der Waals surface area contributed by atoms with Crippen molar-refractivity contribution in [2.45, 2.75) is 89.3 Å². The van der Waals surface area contributed by atoms with Crippen LogP contribution < -0.4 is 5.32 Å². The molecule has 162 valence electrons. The van der Waals surface area contributed by atoms with Gasteiger partial charge in [0.25, 0.3) is 0 Å². The maximum atomic E-state index is 12.4. The van der Waals surface area contributed by atoms with E-state index >= 15 is 0 Å². The van der Waals surface area contributed by atoms with Gasteiger partial charge in [0, 0.05) is 6.42 Å². The summed E-state index contributed by atoms with van der Waals surface area (Å²) in [6.07, 6.45) is 5.79. The zero-order valence-electron chi connectivity index (χ0n) is 17.6. The third-order valence-electron chi connectivity index (χ3n) is 6.22. The number of benzene rings is 1. The van der Waals surface area contributed by atoms with E-state index < -0.39 is 17.8 Å². The van der Waals surface area contributed by atoms with Crippen LogP contribution in [-0.4, -0.2) is 41.8 Å². The van der Waals surface area contributed by atoms with E-state index in [0.717, 1.165) is 24.8 Å². The fourth-order valence-corrected chi connectivity index (χ4v) is 4.31. The van der Waals surface area contributed by atoms with Gasteiger partial charge in [-0.1, -0.05) is 62.4 Å². The Bertz CT molecular complexity index is 629. The second-order valence-electron chi connectivity index (χ2n) is 8.88. The zero-order chi connectivity index (χ0) is 20.7. The zero-order valence-corrected chi connectivity index (χ0v) is 17.6. The molecule has 0 radical (unpaired) electrons. The fraction of sp³-hybridized carbons (Fsp3) is 0.696. The van der Waals surface area contributed by atoms with Gasteiger partial charge in [0.15, 0.2) is 0 Å². The van der Waals surface area contributed by atoms with E-state index in [1.54, 1.807) is 0 Å². The molecule has 1 saturated heterocycles. The Morgan fingerprint density at radius 3 is 2.59 bits per heavy atom. The first-order chi connectivity index (χ1) is 13.9. The van der Waals surface area contributed by atoms with Crippen molar-refractivity contribution in [3.05, 3.63) is 35.9 Å². The van der Waals surface area contributed by atoms with E-state index in [0.29, 0.717) is 12.3 Å². The minimum absolute atomic E-state index is 0.200. The van der Waals surface area contributed by atoms with Crippen molar-refractivity contribution < 1.29 is 24.1 Å². The number of carbonyl (C=O) groups excluding carboxylic acids is 1. The molecule has 0 spiro atoms. The summed E-state index contributed by atoms with van der Waals surface area (Å²) in [4.78, 5) is 12.4. The highest BCUT2D eigenvalue weighted by Crippen LogP contribution is 2.31. The van der Waals surface area contributed by atoms with Crippen LogP contribution in [0.3, 0.4) is 0 Å². The van der Waals surface area contributed by atoms with E-state index in [4.69, 9.17) is 14.2 Å². The number of hydrogen-bond donors (Lipinski definition) is 2. The Kier molecular flexibility index (Phi) is 7.92. The molecule has 2 N–H and O–H groups in total. The van der Waals surface area contributed by atoms with Gasteiger partial charge < -0.3 is 24.6 Å². The molecule has 2 aliphatic rings. The molecule has 1 aliphatic heterocycles. The largest absolute Gasteiger partial charge is 0.445 e. The number of ether oxygens (including phenoxy) is 3. The highest BCUT2D eigenvalue weighted by molar-refractivity contribution is 5.67. The summed E-state index contributed by atoms with van der Waals surface area (Å²) in [5, 5.41) is 13.9. The molecule has 1 aromatic carbocycles. The van der Waals surface area contributed by atoms with Crippen molar-refractivity contribution in [2.24, 2.45) is 5.92 Å². The van der Waals surface area contributed by atoms with Gasteiger partial charge in [0.2, 0.25) is 0 Å². The molecule has 0 bridgehead atoms. The van der Waals surface area contributed by atoms with Crippen LogP contribution in [0.2, 0.25) is 0 Å². The predicted octanol–water partition coefficient (Wildman–Crippen LogP) is 4.15. The van der Waals surface area contributed by atoms with Crippen LogP contribution in [0, 0.1) is 5.92 Å². The minimum atomic E-state index is -0.716. The lowest BCUT2D eigenvalue weighted by atomic mass is 9.82. The lowest BCUT2D eigenvalue weighted by Gasteiger charge is -2.32. The van der Waals surface area contributed by atoms with E-state index in [1.165, 1.54) is 19.3 Å². The molecule has 29 heavy (non-hydrogen) atoms. The molecule has 3 rings (SSSR count). The highest BCUT2D eigenvalue weighted by Gasteiger charge is 2.40. The molecule has 6 nitrogen and oxygen atoms in total. The number of amides is 1. The summed E-state index contributed by atoms with van der Waals surface area (Å²) in [6.45, 7) is 4.39. The van der Waals surface area contributed by atoms with Gasteiger partial charge in [0.05, 0.1) is 23.9 Å². The topological polar surface area (TPSA) is 77.0 Å². The maximum Gasteiger partial charge on any atom is 0.407 e. The molecule has 2 fully saturated rings. The first-order valence-electron chi connectivity index (χ1n) is 10.8. The normalized spacial score (nSPS) is 24.0. The number of rotatable bonds is 8. The van der Waals surface area contributed by atoms with E-state index in [-0.39, 0.29) is 25.5 Å². The first-order valence-corrected chi connectivity index (χ1v) is 10.8. The number of hydrogen-bond acceptors (Lipinski definition) is 5. The standard InChI is InChI=1S/C23H35NO5/c1-23(2)21(28-16-29-23)14-20(25)19(13-17-9-5-3-6-10-17)24-22(26)27-15-18-11-7-4-8-12-18/h4,7-8,11-12,17,19-21,25H,3,5-6,9-10,13-16H2,1-2H3,(H,24,26)/t19-,20-,21-/m0/s1. The van der Waals surface area contributed by atoms with Crippen LogP contribution in [0.5, 0.6) is 0 Å². The summed E-state index contributed by atoms with van der Waals surface area (Å²) in [7, 11) is 0. The van der Waals surface area contributed by atoms with Crippen LogP contribution >= 0.6 is 0 Å². The molecular formula is C23H35NO5. The van der Waals surface area contributed by atoms with Crippen molar-refractivity contribution in [1.82, 2.24) is 5.32 Å². The van der Waals surface area contributed by atoms with Gasteiger partial charge in [-0.2, -0.15) is 0 Å². The van der Waals surface area contributed by atoms with Gasteiger partial charge >= 0.3 is 6.09 Å². The van der Waals surface area contributed by atoms with Gasteiger partial charge in [-0.05, 0) is 31.7 Å². The Morgan fingerprint density at radius 1 is 1.21 bits per heavy atom.